The highest BCUT2D eigenvalue weighted by Crippen LogP contribution is 2.32. The molecule has 1 heterocycles. The Labute approximate surface area is 122 Å². The Bertz CT molecular complexity index is 508. The van der Waals surface area contributed by atoms with Gasteiger partial charge in [0.05, 0.1) is 0 Å². The van der Waals surface area contributed by atoms with Gasteiger partial charge in [-0.15, -0.1) is 0 Å². The zero-order chi connectivity index (χ0) is 14.4. The summed E-state index contributed by atoms with van der Waals surface area (Å²) in [6.45, 7) is 3.69. The molecular formula is C13H17N3O3S. The van der Waals surface area contributed by atoms with Crippen LogP contribution in [0.15, 0.2) is 18.2 Å². The molecule has 0 saturated heterocycles. The monoisotopic (exact) mass is 295 g/mol. The van der Waals surface area contributed by atoms with E-state index in [-0.39, 0.29) is 5.91 Å². The minimum Gasteiger partial charge on any atom is -0.486 e. The van der Waals surface area contributed by atoms with Crippen molar-refractivity contribution in [3.05, 3.63) is 18.2 Å². The van der Waals surface area contributed by atoms with Gasteiger partial charge < -0.3 is 25.4 Å². The molecule has 3 N–H and O–H groups in total. The van der Waals surface area contributed by atoms with Crippen LogP contribution in [0.3, 0.4) is 0 Å². The van der Waals surface area contributed by atoms with Gasteiger partial charge >= 0.3 is 0 Å². The van der Waals surface area contributed by atoms with Gasteiger partial charge in [-0.2, -0.15) is 0 Å². The summed E-state index contributed by atoms with van der Waals surface area (Å²) in [6.07, 6.45) is 0. The third-order valence-electron chi connectivity index (χ3n) is 2.58. The van der Waals surface area contributed by atoms with Crippen LogP contribution in [-0.2, 0) is 4.79 Å². The fourth-order valence-corrected chi connectivity index (χ4v) is 1.93. The van der Waals surface area contributed by atoms with Crippen molar-refractivity contribution >= 4 is 28.9 Å². The highest BCUT2D eigenvalue weighted by atomic mass is 32.1. The topological polar surface area (TPSA) is 71.6 Å². The summed E-state index contributed by atoms with van der Waals surface area (Å²) in [5, 5.41) is 9.23. The number of benzene rings is 1. The van der Waals surface area contributed by atoms with Crippen LogP contribution in [0, 0.1) is 0 Å². The third-order valence-corrected chi connectivity index (χ3v) is 2.83. The molecule has 108 valence electrons. The predicted octanol–water partition coefficient (Wildman–Crippen LogP) is 0.880. The molecule has 1 amide bonds. The van der Waals surface area contributed by atoms with E-state index in [1.54, 1.807) is 0 Å². The molecule has 0 saturated carbocycles. The number of amides is 1. The SMILES string of the molecule is CC(=O)NCCNC(=S)Nc1ccc2c(c1)OCCO2. The van der Waals surface area contributed by atoms with E-state index in [1.807, 2.05) is 18.2 Å². The molecule has 2 rings (SSSR count). The fourth-order valence-electron chi connectivity index (χ4n) is 1.71. The highest BCUT2D eigenvalue weighted by molar-refractivity contribution is 7.80. The fraction of sp³-hybridized carbons (Fsp3) is 0.385. The Morgan fingerprint density at radius 3 is 2.65 bits per heavy atom. The summed E-state index contributed by atoms with van der Waals surface area (Å²) < 4.78 is 10.9. The maximum Gasteiger partial charge on any atom is 0.216 e. The molecule has 1 aromatic carbocycles. The zero-order valence-corrected chi connectivity index (χ0v) is 12.0. The van der Waals surface area contributed by atoms with Gasteiger partial charge in [-0.05, 0) is 24.4 Å². The van der Waals surface area contributed by atoms with Crippen molar-refractivity contribution in [2.24, 2.45) is 0 Å². The number of ether oxygens (including phenoxy) is 2. The molecule has 0 atom stereocenters. The molecular weight excluding hydrogens is 278 g/mol. The lowest BCUT2D eigenvalue weighted by molar-refractivity contribution is -0.118. The Morgan fingerprint density at radius 2 is 1.90 bits per heavy atom. The van der Waals surface area contributed by atoms with E-state index in [1.165, 1.54) is 6.92 Å². The lowest BCUT2D eigenvalue weighted by Gasteiger charge is -2.19. The van der Waals surface area contributed by atoms with Crippen molar-refractivity contribution in [3.63, 3.8) is 0 Å². The largest absolute Gasteiger partial charge is 0.486 e. The number of hydrogen-bond donors (Lipinski definition) is 3. The smallest absolute Gasteiger partial charge is 0.216 e. The summed E-state index contributed by atoms with van der Waals surface area (Å²) in [6, 6.07) is 5.56. The number of hydrogen-bond acceptors (Lipinski definition) is 4. The Kier molecular flexibility index (Phi) is 5.00. The predicted molar refractivity (Wildman–Crippen MR) is 80.3 cm³/mol. The molecule has 0 fully saturated rings. The van der Waals surface area contributed by atoms with E-state index in [9.17, 15) is 4.79 Å². The minimum atomic E-state index is -0.0579. The molecule has 0 bridgehead atoms. The van der Waals surface area contributed by atoms with E-state index < -0.39 is 0 Å². The average molecular weight is 295 g/mol. The average Bonchev–Trinajstić information content (AvgIpc) is 2.43. The highest BCUT2D eigenvalue weighted by Gasteiger charge is 2.11. The molecule has 7 heteroatoms. The summed E-state index contributed by atoms with van der Waals surface area (Å²) in [4.78, 5) is 10.7. The van der Waals surface area contributed by atoms with Crippen LogP contribution in [0.2, 0.25) is 0 Å². The van der Waals surface area contributed by atoms with E-state index in [0.717, 1.165) is 11.4 Å². The van der Waals surface area contributed by atoms with Crippen LogP contribution in [0.5, 0.6) is 11.5 Å². The van der Waals surface area contributed by atoms with Gasteiger partial charge in [0, 0.05) is 31.8 Å². The van der Waals surface area contributed by atoms with Crippen LogP contribution in [-0.4, -0.2) is 37.3 Å². The molecule has 0 unspecified atom stereocenters. The number of fused-ring (bicyclic) bond motifs is 1. The van der Waals surface area contributed by atoms with E-state index in [0.29, 0.717) is 37.2 Å². The first-order chi connectivity index (χ1) is 9.65. The van der Waals surface area contributed by atoms with E-state index in [4.69, 9.17) is 21.7 Å². The molecule has 6 nitrogen and oxygen atoms in total. The molecule has 1 aromatic rings. The first kappa shape index (κ1) is 14.4. The second-order valence-corrected chi connectivity index (χ2v) is 4.63. The number of carbonyl (C=O) groups is 1. The lowest BCUT2D eigenvalue weighted by atomic mass is 10.2. The van der Waals surface area contributed by atoms with Crippen LogP contribution in [0.1, 0.15) is 6.92 Å². The number of carbonyl (C=O) groups excluding carboxylic acids is 1. The summed E-state index contributed by atoms with van der Waals surface area (Å²) >= 11 is 5.16. The van der Waals surface area contributed by atoms with Crippen molar-refractivity contribution in [1.82, 2.24) is 10.6 Å². The Balaban J connectivity index is 1.80. The first-order valence-electron chi connectivity index (χ1n) is 6.34. The Hall–Kier alpha value is -2.02. The molecule has 1 aliphatic rings. The summed E-state index contributed by atoms with van der Waals surface area (Å²) in [7, 11) is 0. The number of nitrogens with one attached hydrogen (secondary N) is 3. The lowest BCUT2D eigenvalue weighted by Crippen LogP contribution is -2.35. The van der Waals surface area contributed by atoms with Gasteiger partial charge in [0.2, 0.25) is 5.91 Å². The molecule has 20 heavy (non-hydrogen) atoms. The van der Waals surface area contributed by atoms with Crippen LogP contribution in [0.4, 0.5) is 5.69 Å². The van der Waals surface area contributed by atoms with Gasteiger partial charge in [-0.25, -0.2) is 0 Å². The van der Waals surface area contributed by atoms with Crippen molar-refractivity contribution in [2.75, 3.05) is 31.6 Å². The molecule has 0 aliphatic carbocycles. The third kappa shape index (κ3) is 4.27. The van der Waals surface area contributed by atoms with E-state index >= 15 is 0 Å². The number of thiocarbonyl (C=S) groups is 1. The first-order valence-corrected chi connectivity index (χ1v) is 6.75. The van der Waals surface area contributed by atoms with Gasteiger partial charge in [-0.1, -0.05) is 0 Å². The maximum absolute atomic E-state index is 10.7. The Morgan fingerprint density at radius 1 is 1.20 bits per heavy atom. The summed E-state index contributed by atoms with van der Waals surface area (Å²) in [5.41, 5.74) is 0.825. The molecule has 1 aliphatic heterocycles. The van der Waals surface area contributed by atoms with Gasteiger partial charge in [0.1, 0.15) is 13.2 Å². The normalized spacial score (nSPS) is 12.4. The standard InChI is InChI=1S/C13H17N3O3S/c1-9(17)14-4-5-15-13(20)16-10-2-3-11-12(8-10)19-7-6-18-11/h2-3,8H,4-7H2,1H3,(H,14,17)(H2,15,16,20). The van der Waals surface area contributed by atoms with Crippen LogP contribution >= 0.6 is 12.2 Å². The van der Waals surface area contributed by atoms with Crippen molar-refractivity contribution < 1.29 is 14.3 Å². The van der Waals surface area contributed by atoms with Crippen molar-refractivity contribution in [2.45, 2.75) is 6.92 Å². The van der Waals surface area contributed by atoms with Crippen LogP contribution in [0.25, 0.3) is 0 Å². The maximum atomic E-state index is 10.7. The van der Waals surface area contributed by atoms with Crippen molar-refractivity contribution in [1.29, 1.82) is 0 Å². The zero-order valence-electron chi connectivity index (χ0n) is 11.2. The van der Waals surface area contributed by atoms with Crippen LogP contribution < -0.4 is 25.4 Å². The van der Waals surface area contributed by atoms with Gasteiger partial charge in [0.15, 0.2) is 16.6 Å². The van der Waals surface area contributed by atoms with Gasteiger partial charge in [-0.3, -0.25) is 4.79 Å². The molecule has 0 aromatic heterocycles. The number of anilines is 1. The summed E-state index contributed by atoms with van der Waals surface area (Å²) in [5.74, 6) is 1.39. The molecule has 0 radical (unpaired) electrons. The second-order valence-electron chi connectivity index (χ2n) is 4.22. The number of rotatable bonds is 4. The minimum absolute atomic E-state index is 0.0579. The van der Waals surface area contributed by atoms with E-state index in [2.05, 4.69) is 16.0 Å². The van der Waals surface area contributed by atoms with Gasteiger partial charge in [0.25, 0.3) is 0 Å². The van der Waals surface area contributed by atoms with Crippen molar-refractivity contribution in [3.8, 4) is 11.5 Å². The second kappa shape index (κ2) is 6.95. The molecule has 0 spiro atoms. The quantitative estimate of drug-likeness (QED) is 0.566.